The summed E-state index contributed by atoms with van der Waals surface area (Å²) in [4.78, 5) is 15.5. The van der Waals surface area contributed by atoms with E-state index in [2.05, 4.69) is 27.6 Å². The Kier molecular flexibility index (Phi) is 4.55. The Labute approximate surface area is 114 Å². The molecular weight excluding hydrogens is 340 g/mol. The van der Waals surface area contributed by atoms with Gasteiger partial charge < -0.3 is 4.74 Å². The predicted octanol–water partition coefficient (Wildman–Crippen LogP) is 3.22. The van der Waals surface area contributed by atoms with Gasteiger partial charge in [-0.05, 0) is 55.0 Å². The summed E-state index contributed by atoms with van der Waals surface area (Å²) >= 11 is 7.85. The number of carbonyl (C=O) groups excluding carboxylic acids is 1. The summed E-state index contributed by atoms with van der Waals surface area (Å²) in [6.45, 7) is 5.53. The Bertz CT molecular complexity index is 401. The Balaban J connectivity index is 2.70. The third-order valence-corrected chi connectivity index (χ3v) is 2.86. The minimum atomic E-state index is -0.456. The van der Waals surface area contributed by atoms with E-state index < -0.39 is 5.60 Å². The van der Waals surface area contributed by atoms with Crippen LogP contribution in [0, 0.1) is 3.57 Å². The summed E-state index contributed by atoms with van der Waals surface area (Å²) in [5.41, 5.74) is 0.377. The van der Waals surface area contributed by atoms with Gasteiger partial charge in [-0.15, -0.1) is 0 Å². The van der Waals surface area contributed by atoms with Crippen LogP contribution in [0.1, 0.15) is 26.3 Å². The van der Waals surface area contributed by atoms with E-state index >= 15 is 0 Å². The number of hydrogen-bond acceptors (Lipinski definition) is 3. The molecule has 0 spiro atoms. The average Bonchev–Trinajstić information content (AvgIpc) is 2.06. The predicted molar refractivity (Wildman–Crippen MR) is 71.5 cm³/mol. The number of aromatic nitrogens is 1. The third kappa shape index (κ3) is 4.65. The van der Waals surface area contributed by atoms with Gasteiger partial charge >= 0.3 is 5.97 Å². The normalized spacial score (nSPS) is 11.3. The number of carbonyl (C=O) groups is 1. The number of nitrogens with zero attached hydrogens (tertiary/aromatic N) is 1. The highest BCUT2D eigenvalue weighted by molar-refractivity contribution is 14.1. The lowest BCUT2D eigenvalue weighted by Gasteiger charge is -2.19. The molecule has 0 amide bonds. The molecule has 0 fully saturated rings. The van der Waals surface area contributed by atoms with Crippen LogP contribution in [0.5, 0.6) is 0 Å². The zero-order valence-electron chi connectivity index (χ0n) is 9.38. The minimum Gasteiger partial charge on any atom is -0.460 e. The third-order valence-electron chi connectivity index (χ3n) is 1.65. The van der Waals surface area contributed by atoms with Crippen LogP contribution < -0.4 is 0 Å². The van der Waals surface area contributed by atoms with Crippen LogP contribution in [0.15, 0.2) is 12.3 Å². The van der Waals surface area contributed by atoms with Crippen molar-refractivity contribution in [3.05, 3.63) is 26.5 Å². The Morgan fingerprint density at radius 2 is 2.19 bits per heavy atom. The summed E-state index contributed by atoms with van der Waals surface area (Å²) in [7, 11) is 0. The molecule has 1 heterocycles. The maximum Gasteiger partial charge on any atom is 0.310 e. The molecule has 0 aliphatic carbocycles. The van der Waals surface area contributed by atoms with Gasteiger partial charge in [0.05, 0.1) is 6.42 Å². The van der Waals surface area contributed by atoms with Crippen molar-refractivity contribution in [3.63, 3.8) is 0 Å². The molecule has 3 nitrogen and oxygen atoms in total. The monoisotopic (exact) mass is 353 g/mol. The molecule has 0 aromatic carbocycles. The van der Waals surface area contributed by atoms with E-state index in [1.165, 1.54) is 0 Å². The summed E-state index contributed by atoms with van der Waals surface area (Å²) in [6.07, 6.45) is 1.83. The van der Waals surface area contributed by atoms with Gasteiger partial charge in [-0.2, -0.15) is 0 Å². The van der Waals surface area contributed by atoms with Gasteiger partial charge in [0, 0.05) is 9.77 Å². The molecule has 0 saturated carbocycles. The van der Waals surface area contributed by atoms with Crippen molar-refractivity contribution >= 4 is 40.2 Å². The van der Waals surface area contributed by atoms with E-state index in [1.54, 1.807) is 12.3 Å². The summed E-state index contributed by atoms with van der Waals surface area (Å²) in [6, 6.07) is 1.72. The highest BCUT2D eigenvalue weighted by Gasteiger charge is 2.17. The van der Waals surface area contributed by atoms with Gasteiger partial charge in [-0.1, -0.05) is 11.6 Å². The maximum atomic E-state index is 11.6. The highest BCUT2D eigenvalue weighted by Crippen LogP contribution is 2.17. The molecule has 1 aromatic rings. The molecule has 1 rings (SSSR count). The van der Waals surface area contributed by atoms with E-state index in [9.17, 15) is 4.79 Å². The fourth-order valence-corrected chi connectivity index (χ4v) is 2.07. The van der Waals surface area contributed by atoms with Crippen LogP contribution in [-0.2, 0) is 16.0 Å². The minimum absolute atomic E-state index is 0.222. The van der Waals surface area contributed by atoms with Gasteiger partial charge in [-0.3, -0.25) is 4.79 Å². The molecule has 0 saturated heterocycles. The Morgan fingerprint density at radius 3 is 2.69 bits per heavy atom. The zero-order chi connectivity index (χ0) is 12.3. The molecular formula is C11H13ClINO2. The standard InChI is InChI=1S/C11H13ClINO2/c1-11(2,3)16-10(15)4-7-6-14-9(12)5-8(7)13/h5-6H,4H2,1-3H3. The Morgan fingerprint density at radius 1 is 1.56 bits per heavy atom. The van der Waals surface area contributed by atoms with Crippen LogP contribution in [0.25, 0.3) is 0 Å². The fraction of sp³-hybridized carbons (Fsp3) is 0.455. The molecule has 0 radical (unpaired) electrons. The van der Waals surface area contributed by atoms with Crippen molar-refractivity contribution in [2.45, 2.75) is 32.8 Å². The number of rotatable bonds is 2. The molecule has 16 heavy (non-hydrogen) atoms. The van der Waals surface area contributed by atoms with Gasteiger partial charge in [0.15, 0.2) is 0 Å². The van der Waals surface area contributed by atoms with E-state index in [4.69, 9.17) is 16.3 Å². The maximum absolute atomic E-state index is 11.6. The van der Waals surface area contributed by atoms with Crippen LogP contribution in [0.4, 0.5) is 0 Å². The Hall–Kier alpha value is -0.360. The smallest absolute Gasteiger partial charge is 0.310 e. The lowest BCUT2D eigenvalue weighted by atomic mass is 10.2. The molecule has 5 heteroatoms. The largest absolute Gasteiger partial charge is 0.460 e. The van der Waals surface area contributed by atoms with Crippen molar-refractivity contribution in [2.24, 2.45) is 0 Å². The first-order chi connectivity index (χ1) is 7.28. The quantitative estimate of drug-likeness (QED) is 0.465. The van der Waals surface area contributed by atoms with E-state index in [-0.39, 0.29) is 12.4 Å². The van der Waals surface area contributed by atoms with E-state index in [0.29, 0.717) is 5.15 Å². The molecule has 1 aromatic heterocycles. The zero-order valence-corrected chi connectivity index (χ0v) is 12.3. The number of ether oxygens (including phenoxy) is 1. The second-order valence-corrected chi connectivity index (χ2v) is 5.91. The first-order valence-electron chi connectivity index (χ1n) is 4.80. The van der Waals surface area contributed by atoms with Crippen molar-refractivity contribution in [3.8, 4) is 0 Å². The second kappa shape index (κ2) is 5.31. The summed E-state index contributed by atoms with van der Waals surface area (Å²) in [5.74, 6) is -0.255. The highest BCUT2D eigenvalue weighted by atomic mass is 127. The molecule has 0 unspecified atom stereocenters. The van der Waals surface area contributed by atoms with Crippen LogP contribution >= 0.6 is 34.2 Å². The molecule has 88 valence electrons. The average molecular weight is 354 g/mol. The number of halogens is 2. The first kappa shape index (κ1) is 13.7. The molecule has 0 aliphatic rings. The number of hydrogen-bond donors (Lipinski definition) is 0. The topological polar surface area (TPSA) is 39.2 Å². The summed E-state index contributed by atoms with van der Waals surface area (Å²) < 4.78 is 6.14. The fourth-order valence-electron chi connectivity index (χ4n) is 1.10. The lowest BCUT2D eigenvalue weighted by Crippen LogP contribution is -2.25. The van der Waals surface area contributed by atoms with Crippen molar-refractivity contribution in [1.82, 2.24) is 4.98 Å². The lowest BCUT2D eigenvalue weighted by molar-refractivity contribution is -0.153. The first-order valence-corrected chi connectivity index (χ1v) is 6.25. The SMILES string of the molecule is CC(C)(C)OC(=O)Cc1cnc(Cl)cc1I. The van der Waals surface area contributed by atoms with Crippen LogP contribution in [0.3, 0.4) is 0 Å². The van der Waals surface area contributed by atoms with E-state index in [0.717, 1.165) is 9.13 Å². The van der Waals surface area contributed by atoms with Crippen molar-refractivity contribution in [2.75, 3.05) is 0 Å². The molecule has 0 aliphatic heterocycles. The van der Waals surface area contributed by atoms with E-state index in [1.807, 2.05) is 20.8 Å². The molecule has 0 bridgehead atoms. The van der Waals surface area contributed by atoms with Gasteiger partial charge in [0.25, 0.3) is 0 Å². The second-order valence-electron chi connectivity index (χ2n) is 4.36. The van der Waals surface area contributed by atoms with Gasteiger partial charge in [-0.25, -0.2) is 4.98 Å². The number of esters is 1. The van der Waals surface area contributed by atoms with Gasteiger partial charge in [0.2, 0.25) is 0 Å². The van der Waals surface area contributed by atoms with Crippen LogP contribution in [-0.4, -0.2) is 16.6 Å². The van der Waals surface area contributed by atoms with Crippen molar-refractivity contribution < 1.29 is 9.53 Å². The van der Waals surface area contributed by atoms with Crippen LogP contribution in [0.2, 0.25) is 5.15 Å². The van der Waals surface area contributed by atoms with Gasteiger partial charge in [0.1, 0.15) is 10.8 Å². The number of pyridine rings is 1. The molecule has 0 atom stereocenters. The van der Waals surface area contributed by atoms with Crippen molar-refractivity contribution in [1.29, 1.82) is 0 Å². The summed E-state index contributed by atoms with van der Waals surface area (Å²) in [5, 5.41) is 0.428. The molecule has 0 N–H and O–H groups in total.